The predicted molar refractivity (Wildman–Crippen MR) is 105 cm³/mol. The Kier molecular flexibility index (Phi) is 4.01. The number of aryl methyl sites for hydroxylation is 2. The van der Waals surface area contributed by atoms with Gasteiger partial charge in [-0.1, -0.05) is 48.5 Å². The predicted octanol–water partition coefficient (Wildman–Crippen LogP) is 4.97. The molecule has 1 heterocycles. The first-order valence-corrected chi connectivity index (χ1v) is 8.44. The summed E-state index contributed by atoms with van der Waals surface area (Å²) in [5, 5.41) is 8.67. The monoisotopic (exact) mass is 342 g/mol. The van der Waals surface area contributed by atoms with Crippen molar-refractivity contribution in [3.05, 3.63) is 83.3 Å². The van der Waals surface area contributed by atoms with Crippen LogP contribution in [0.25, 0.3) is 21.5 Å². The van der Waals surface area contributed by atoms with Crippen LogP contribution < -0.4 is 5.43 Å². The minimum atomic E-state index is -0.278. The van der Waals surface area contributed by atoms with Gasteiger partial charge >= 0.3 is 0 Å². The third-order valence-electron chi connectivity index (χ3n) is 4.46. The molecule has 128 valence electrons. The topological polar surface area (TPSA) is 54.6 Å². The first-order chi connectivity index (χ1) is 12.6. The molecule has 0 radical (unpaired) electrons. The van der Waals surface area contributed by atoms with Crippen molar-refractivity contribution in [1.82, 2.24) is 5.43 Å². The van der Waals surface area contributed by atoms with Gasteiger partial charge in [0.05, 0.1) is 11.8 Å². The highest BCUT2D eigenvalue weighted by molar-refractivity contribution is 6.13. The molecule has 0 aliphatic rings. The lowest BCUT2D eigenvalue weighted by atomic mass is 9.97. The van der Waals surface area contributed by atoms with E-state index in [9.17, 15) is 4.79 Å². The molecular weight excluding hydrogens is 324 g/mol. The molecule has 0 fully saturated rings. The van der Waals surface area contributed by atoms with Crippen molar-refractivity contribution in [3.63, 3.8) is 0 Å². The Morgan fingerprint density at radius 3 is 2.15 bits per heavy atom. The van der Waals surface area contributed by atoms with Crippen molar-refractivity contribution >= 4 is 33.7 Å². The van der Waals surface area contributed by atoms with Crippen LogP contribution in [-0.2, 0) is 0 Å². The highest BCUT2D eigenvalue weighted by atomic mass is 16.3. The summed E-state index contributed by atoms with van der Waals surface area (Å²) in [6.07, 6.45) is 1.71. The quantitative estimate of drug-likeness (QED) is 0.325. The fraction of sp³-hybridized carbons (Fsp3) is 0.0909. The highest BCUT2D eigenvalue weighted by Crippen LogP contribution is 2.27. The summed E-state index contributed by atoms with van der Waals surface area (Å²) in [6.45, 7) is 3.58. The maximum absolute atomic E-state index is 12.3. The van der Waals surface area contributed by atoms with Crippen molar-refractivity contribution in [3.8, 4) is 0 Å². The minimum Gasteiger partial charge on any atom is -0.466 e. The van der Waals surface area contributed by atoms with E-state index in [-0.39, 0.29) is 5.91 Å². The average Bonchev–Trinajstić information content (AvgIpc) is 2.99. The second kappa shape index (κ2) is 6.48. The molecule has 3 aromatic carbocycles. The SMILES string of the molecule is Cc1cc(C(=O)N/N=C\c2c3ccccc3cc3ccccc23)c(C)o1. The number of benzene rings is 3. The summed E-state index contributed by atoms with van der Waals surface area (Å²) in [4.78, 5) is 12.3. The van der Waals surface area contributed by atoms with Gasteiger partial charge in [-0.15, -0.1) is 0 Å². The summed E-state index contributed by atoms with van der Waals surface area (Å²) in [7, 11) is 0. The second-order valence-corrected chi connectivity index (χ2v) is 6.26. The molecule has 4 aromatic rings. The Hall–Kier alpha value is -3.40. The van der Waals surface area contributed by atoms with E-state index in [0.29, 0.717) is 17.1 Å². The third-order valence-corrected chi connectivity index (χ3v) is 4.46. The van der Waals surface area contributed by atoms with Gasteiger partial charge in [-0.2, -0.15) is 5.10 Å². The van der Waals surface area contributed by atoms with Gasteiger partial charge in [-0.3, -0.25) is 4.79 Å². The molecule has 1 aromatic heterocycles. The maximum Gasteiger partial charge on any atom is 0.274 e. The van der Waals surface area contributed by atoms with E-state index in [2.05, 4.69) is 40.9 Å². The fourth-order valence-electron chi connectivity index (χ4n) is 3.26. The van der Waals surface area contributed by atoms with E-state index in [4.69, 9.17) is 4.42 Å². The number of rotatable bonds is 3. The first kappa shape index (κ1) is 16.1. The molecule has 4 rings (SSSR count). The molecule has 0 saturated heterocycles. The lowest BCUT2D eigenvalue weighted by Gasteiger charge is -2.07. The number of fused-ring (bicyclic) bond motifs is 2. The molecule has 0 spiro atoms. The van der Waals surface area contributed by atoms with Crippen molar-refractivity contribution in [2.24, 2.45) is 5.10 Å². The first-order valence-electron chi connectivity index (χ1n) is 8.44. The van der Waals surface area contributed by atoms with Gasteiger partial charge in [0.25, 0.3) is 5.91 Å². The number of hydrazone groups is 1. The number of nitrogens with zero attached hydrogens (tertiary/aromatic N) is 1. The molecule has 0 aliphatic heterocycles. The molecule has 4 nitrogen and oxygen atoms in total. The number of nitrogens with one attached hydrogen (secondary N) is 1. The minimum absolute atomic E-state index is 0.278. The Labute approximate surface area is 151 Å². The van der Waals surface area contributed by atoms with Crippen LogP contribution in [0.5, 0.6) is 0 Å². The van der Waals surface area contributed by atoms with E-state index < -0.39 is 0 Å². The standard InChI is InChI=1S/C22H18N2O2/c1-14-11-20(15(2)26-14)22(25)24-23-13-21-18-9-5-3-7-16(18)12-17-8-4-6-10-19(17)21/h3-13H,1-2H3,(H,24,25)/b23-13-. The van der Waals surface area contributed by atoms with Crippen LogP contribution in [-0.4, -0.2) is 12.1 Å². The molecule has 0 bridgehead atoms. The molecule has 4 heteroatoms. The smallest absolute Gasteiger partial charge is 0.274 e. The van der Waals surface area contributed by atoms with Gasteiger partial charge in [0.1, 0.15) is 11.5 Å². The van der Waals surface area contributed by atoms with Crippen molar-refractivity contribution in [2.45, 2.75) is 13.8 Å². The molecule has 0 atom stereocenters. The molecular formula is C22H18N2O2. The Bertz CT molecular complexity index is 1100. The summed E-state index contributed by atoms with van der Waals surface area (Å²) in [6, 6.07) is 20.2. The Morgan fingerprint density at radius 2 is 1.58 bits per heavy atom. The largest absolute Gasteiger partial charge is 0.466 e. The van der Waals surface area contributed by atoms with E-state index in [0.717, 1.165) is 27.1 Å². The van der Waals surface area contributed by atoms with Crippen molar-refractivity contribution in [2.75, 3.05) is 0 Å². The molecule has 1 N–H and O–H groups in total. The van der Waals surface area contributed by atoms with Gasteiger partial charge < -0.3 is 4.42 Å². The van der Waals surface area contributed by atoms with Crippen molar-refractivity contribution < 1.29 is 9.21 Å². The number of carbonyl (C=O) groups is 1. The summed E-state index contributed by atoms with van der Waals surface area (Å²) >= 11 is 0. The molecule has 0 saturated carbocycles. The van der Waals surface area contributed by atoms with Crippen molar-refractivity contribution in [1.29, 1.82) is 0 Å². The van der Waals surface area contributed by atoms with E-state index in [1.54, 1.807) is 19.2 Å². The number of furan rings is 1. The van der Waals surface area contributed by atoms with Gasteiger partial charge in [-0.05, 0) is 47.5 Å². The van der Waals surface area contributed by atoms with Gasteiger partial charge in [0.2, 0.25) is 0 Å². The van der Waals surface area contributed by atoms with Gasteiger partial charge in [-0.25, -0.2) is 5.43 Å². The van der Waals surface area contributed by atoms with E-state index in [1.165, 1.54) is 0 Å². The maximum atomic E-state index is 12.3. The Morgan fingerprint density at radius 1 is 0.962 bits per heavy atom. The second-order valence-electron chi connectivity index (χ2n) is 6.26. The lowest BCUT2D eigenvalue weighted by Crippen LogP contribution is -2.17. The third kappa shape index (κ3) is 2.86. The Balaban J connectivity index is 1.72. The van der Waals surface area contributed by atoms with Crippen LogP contribution in [0.1, 0.15) is 27.4 Å². The summed E-state index contributed by atoms with van der Waals surface area (Å²) in [5.74, 6) is 1.02. The zero-order valence-corrected chi connectivity index (χ0v) is 14.6. The fourth-order valence-corrected chi connectivity index (χ4v) is 3.26. The van der Waals surface area contributed by atoms with Crippen LogP contribution in [0.3, 0.4) is 0 Å². The molecule has 1 amide bonds. The number of hydrogen-bond acceptors (Lipinski definition) is 3. The van der Waals surface area contributed by atoms with Crippen LogP contribution in [0.15, 0.2) is 70.2 Å². The van der Waals surface area contributed by atoms with Crippen LogP contribution >= 0.6 is 0 Å². The summed E-state index contributed by atoms with van der Waals surface area (Å²) < 4.78 is 5.40. The number of amides is 1. The zero-order valence-electron chi connectivity index (χ0n) is 14.6. The van der Waals surface area contributed by atoms with Crippen LogP contribution in [0.4, 0.5) is 0 Å². The van der Waals surface area contributed by atoms with Gasteiger partial charge in [0.15, 0.2) is 0 Å². The van der Waals surface area contributed by atoms with E-state index >= 15 is 0 Å². The van der Waals surface area contributed by atoms with E-state index in [1.807, 2.05) is 31.2 Å². The average molecular weight is 342 g/mol. The highest BCUT2D eigenvalue weighted by Gasteiger charge is 2.12. The zero-order chi connectivity index (χ0) is 18.1. The van der Waals surface area contributed by atoms with Crippen LogP contribution in [0.2, 0.25) is 0 Å². The van der Waals surface area contributed by atoms with Gasteiger partial charge in [0, 0.05) is 5.56 Å². The molecule has 0 aliphatic carbocycles. The number of carbonyl (C=O) groups excluding carboxylic acids is 1. The van der Waals surface area contributed by atoms with Crippen LogP contribution in [0, 0.1) is 13.8 Å². The normalized spacial score (nSPS) is 11.5. The number of hydrogen-bond donors (Lipinski definition) is 1. The summed E-state index contributed by atoms with van der Waals surface area (Å²) in [5.41, 5.74) is 4.09. The molecule has 0 unspecified atom stereocenters. The lowest BCUT2D eigenvalue weighted by molar-refractivity contribution is 0.0953. The molecule has 26 heavy (non-hydrogen) atoms.